The van der Waals surface area contributed by atoms with Crippen LogP contribution in [0.3, 0.4) is 0 Å². The van der Waals surface area contributed by atoms with Crippen molar-refractivity contribution in [2.45, 2.75) is 6.54 Å². The second-order valence-corrected chi connectivity index (χ2v) is 6.39. The van der Waals surface area contributed by atoms with Crippen LogP contribution >= 0.6 is 27.5 Å². The molecule has 0 radical (unpaired) electrons. The van der Waals surface area contributed by atoms with Crippen LogP contribution in [0.1, 0.15) is 15.9 Å². The zero-order valence-electron chi connectivity index (χ0n) is 11.9. The molecule has 0 spiro atoms. The number of rotatable bonds is 4. The second kappa shape index (κ2) is 6.56. The van der Waals surface area contributed by atoms with Crippen LogP contribution in [-0.4, -0.2) is 20.6 Å². The van der Waals surface area contributed by atoms with E-state index in [1.165, 1.54) is 0 Å². The van der Waals surface area contributed by atoms with Crippen molar-refractivity contribution in [3.63, 3.8) is 0 Å². The number of aromatic nitrogens is 2. The Balaban J connectivity index is 1.90. The predicted molar refractivity (Wildman–Crippen MR) is 92.9 cm³/mol. The summed E-state index contributed by atoms with van der Waals surface area (Å²) in [5, 5.41) is 9.58. The minimum Gasteiger partial charge on any atom is -0.478 e. The monoisotopic (exact) mass is 390 g/mol. The number of carboxylic acid groups (broad SMARTS) is 1. The van der Waals surface area contributed by atoms with Crippen LogP contribution in [0.15, 0.2) is 59.3 Å². The van der Waals surface area contributed by atoms with Gasteiger partial charge in [0.05, 0.1) is 5.56 Å². The molecule has 6 heteroatoms. The molecule has 3 aromatic rings. The summed E-state index contributed by atoms with van der Waals surface area (Å²) in [6.45, 7) is 0.597. The molecule has 0 aliphatic heterocycles. The fourth-order valence-corrected chi connectivity index (χ4v) is 3.19. The van der Waals surface area contributed by atoms with Gasteiger partial charge in [0, 0.05) is 34.0 Å². The molecule has 3 rings (SSSR count). The summed E-state index contributed by atoms with van der Waals surface area (Å²) in [7, 11) is 0. The van der Waals surface area contributed by atoms with Gasteiger partial charge in [-0.25, -0.2) is 9.78 Å². The molecule has 0 atom stereocenters. The van der Waals surface area contributed by atoms with Crippen LogP contribution in [0.25, 0.3) is 11.4 Å². The molecule has 0 aliphatic carbocycles. The van der Waals surface area contributed by atoms with Crippen molar-refractivity contribution < 1.29 is 9.90 Å². The molecule has 0 fully saturated rings. The minimum atomic E-state index is -0.927. The normalized spacial score (nSPS) is 10.7. The molecule has 23 heavy (non-hydrogen) atoms. The summed E-state index contributed by atoms with van der Waals surface area (Å²) in [5.41, 5.74) is 2.19. The summed E-state index contributed by atoms with van der Waals surface area (Å²) in [6.07, 6.45) is 3.62. The molecule has 2 aromatic carbocycles. The maximum atomic E-state index is 10.9. The largest absolute Gasteiger partial charge is 0.478 e. The van der Waals surface area contributed by atoms with Gasteiger partial charge in [0.1, 0.15) is 5.82 Å². The number of carbonyl (C=O) groups is 1. The quantitative estimate of drug-likeness (QED) is 0.700. The highest BCUT2D eigenvalue weighted by molar-refractivity contribution is 9.10. The lowest BCUT2D eigenvalue weighted by Crippen LogP contribution is -2.02. The summed E-state index contributed by atoms with van der Waals surface area (Å²) >= 11 is 9.54. The zero-order chi connectivity index (χ0) is 16.4. The van der Waals surface area contributed by atoms with Gasteiger partial charge >= 0.3 is 5.97 Å². The van der Waals surface area contributed by atoms with Crippen LogP contribution < -0.4 is 0 Å². The molecule has 1 heterocycles. The van der Waals surface area contributed by atoms with E-state index < -0.39 is 5.97 Å². The third-order valence-corrected chi connectivity index (χ3v) is 4.07. The Morgan fingerprint density at radius 2 is 1.96 bits per heavy atom. The van der Waals surface area contributed by atoms with Gasteiger partial charge in [-0.1, -0.05) is 39.7 Å². The fraction of sp³-hybridized carbons (Fsp3) is 0.0588. The molecular weight excluding hydrogens is 380 g/mol. The van der Waals surface area contributed by atoms with E-state index in [-0.39, 0.29) is 5.56 Å². The van der Waals surface area contributed by atoms with E-state index in [1.54, 1.807) is 30.5 Å². The maximum absolute atomic E-state index is 10.9. The third kappa shape index (κ3) is 3.63. The standard InChI is InChI=1S/C17H12BrClN2O2/c18-14-7-13(8-15(19)9-14)16-20-5-6-21(16)10-11-1-3-12(4-2-11)17(22)23/h1-9H,10H2,(H,22,23). The number of halogens is 2. The van der Waals surface area contributed by atoms with Crippen LogP contribution in [-0.2, 0) is 6.54 Å². The van der Waals surface area contributed by atoms with Crippen molar-refractivity contribution in [1.82, 2.24) is 9.55 Å². The molecule has 0 unspecified atom stereocenters. The third-order valence-electron chi connectivity index (χ3n) is 3.39. The molecular formula is C17H12BrClN2O2. The highest BCUT2D eigenvalue weighted by Crippen LogP contribution is 2.27. The first-order chi connectivity index (χ1) is 11.0. The summed E-state index contributed by atoms with van der Waals surface area (Å²) < 4.78 is 2.88. The number of aromatic carboxylic acids is 1. The average molecular weight is 392 g/mol. The van der Waals surface area contributed by atoms with Gasteiger partial charge in [-0.05, 0) is 35.9 Å². The Kier molecular flexibility index (Phi) is 4.50. The first kappa shape index (κ1) is 15.8. The van der Waals surface area contributed by atoms with Gasteiger partial charge in [-0.15, -0.1) is 0 Å². The molecule has 0 aliphatic rings. The smallest absolute Gasteiger partial charge is 0.335 e. The van der Waals surface area contributed by atoms with E-state index in [9.17, 15) is 4.79 Å². The second-order valence-electron chi connectivity index (χ2n) is 5.04. The van der Waals surface area contributed by atoms with Crippen LogP contribution in [0.2, 0.25) is 5.02 Å². The van der Waals surface area contributed by atoms with Gasteiger partial charge in [0.25, 0.3) is 0 Å². The molecule has 1 N–H and O–H groups in total. The van der Waals surface area contributed by atoms with Crippen LogP contribution in [0.5, 0.6) is 0 Å². The summed E-state index contributed by atoms with van der Waals surface area (Å²) in [6, 6.07) is 12.5. The van der Waals surface area contributed by atoms with E-state index >= 15 is 0 Å². The summed E-state index contributed by atoms with van der Waals surface area (Å²) in [5.74, 6) is -0.126. The first-order valence-electron chi connectivity index (χ1n) is 6.83. The first-order valence-corrected chi connectivity index (χ1v) is 8.00. The molecule has 0 amide bonds. The Hall–Kier alpha value is -2.11. The van der Waals surface area contributed by atoms with Crippen molar-refractivity contribution in [2.75, 3.05) is 0 Å². The molecule has 1 aromatic heterocycles. The lowest BCUT2D eigenvalue weighted by Gasteiger charge is -2.09. The molecule has 0 saturated heterocycles. The van der Waals surface area contributed by atoms with Crippen molar-refractivity contribution >= 4 is 33.5 Å². The Morgan fingerprint density at radius 3 is 2.61 bits per heavy atom. The molecule has 0 saturated carbocycles. The van der Waals surface area contributed by atoms with E-state index in [0.29, 0.717) is 11.6 Å². The van der Waals surface area contributed by atoms with E-state index in [4.69, 9.17) is 16.7 Å². The van der Waals surface area contributed by atoms with Crippen LogP contribution in [0, 0.1) is 0 Å². The van der Waals surface area contributed by atoms with Crippen molar-refractivity contribution in [3.05, 3.63) is 75.5 Å². The van der Waals surface area contributed by atoms with Gasteiger partial charge in [0.2, 0.25) is 0 Å². The lowest BCUT2D eigenvalue weighted by molar-refractivity contribution is 0.0697. The average Bonchev–Trinajstić information content (AvgIpc) is 2.95. The summed E-state index contributed by atoms with van der Waals surface area (Å²) in [4.78, 5) is 15.3. The predicted octanol–water partition coefficient (Wildman–Crippen LogP) is 4.71. The van der Waals surface area contributed by atoms with Gasteiger partial charge in [-0.3, -0.25) is 0 Å². The van der Waals surface area contributed by atoms with Crippen LogP contribution in [0.4, 0.5) is 0 Å². The number of hydrogen-bond acceptors (Lipinski definition) is 2. The Bertz CT molecular complexity index is 839. The minimum absolute atomic E-state index is 0.276. The SMILES string of the molecule is O=C(O)c1ccc(Cn2ccnc2-c2cc(Cl)cc(Br)c2)cc1. The van der Waals surface area contributed by atoms with Crippen molar-refractivity contribution in [3.8, 4) is 11.4 Å². The van der Waals surface area contributed by atoms with E-state index in [1.807, 2.05) is 29.0 Å². The Morgan fingerprint density at radius 1 is 1.22 bits per heavy atom. The Labute approximate surface area is 146 Å². The van der Waals surface area contributed by atoms with Crippen molar-refractivity contribution in [1.29, 1.82) is 0 Å². The number of imidazole rings is 1. The van der Waals surface area contributed by atoms with E-state index in [2.05, 4.69) is 20.9 Å². The molecule has 4 nitrogen and oxygen atoms in total. The van der Waals surface area contributed by atoms with Gasteiger partial charge in [0.15, 0.2) is 0 Å². The molecule has 116 valence electrons. The highest BCUT2D eigenvalue weighted by atomic mass is 79.9. The number of nitrogens with zero attached hydrogens (tertiary/aromatic N) is 2. The highest BCUT2D eigenvalue weighted by Gasteiger charge is 2.09. The number of carboxylic acids is 1. The topological polar surface area (TPSA) is 55.1 Å². The number of benzene rings is 2. The van der Waals surface area contributed by atoms with E-state index in [0.717, 1.165) is 21.4 Å². The lowest BCUT2D eigenvalue weighted by atomic mass is 10.1. The fourth-order valence-electron chi connectivity index (χ4n) is 2.33. The van der Waals surface area contributed by atoms with Crippen molar-refractivity contribution in [2.24, 2.45) is 0 Å². The van der Waals surface area contributed by atoms with Gasteiger partial charge in [-0.2, -0.15) is 0 Å². The molecule has 0 bridgehead atoms. The number of hydrogen-bond donors (Lipinski definition) is 1. The zero-order valence-corrected chi connectivity index (χ0v) is 14.3. The van der Waals surface area contributed by atoms with Gasteiger partial charge < -0.3 is 9.67 Å². The maximum Gasteiger partial charge on any atom is 0.335 e.